The molecule has 27 heavy (non-hydrogen) atoms. The van der Waals surface area contributed by atoms with E-state index in [0.29, 0.717) is 9.99 Å². The van der Waals surface area contributed by atoms with Gasteiger partial charge in [0.25, 0.3) is 0 Å². The number of hydrogen-bond acceptors (Lipinski definition) is 4. The minimum absolute atomic E-state index is 0.265. The molecule has 0 fully saturated rings. The number of ether oxygens (including phenoxy) is 1. The van der Waals surface area contributed by atoms with Crippen molar-refractivity contribution in [2.45, 2.75) is 25.8 Å². The number of rotatable bonds is 6. The van der Waals surface area contributed by atoms with Crippen LogP contribution in [0.4, 0.5) is 5.69 Å². The van der Waals surface area contributed by atoms with E-state index in [9.17, 15) is 4.79 Å². The zero-order valence-electron chi connectivity index (χ0n) is 15.3. The van der Waals surface area contributed by atoms with Crippen LogP contribution in [0.5, 0.6) is 0 Å². The molecule has 2 N–H and O–H groups in total. The van der Waals surface area contributed by atoms with Crippen molar-refractivity contribution in [3.05, 3.63) is 65.0 Å². The number of carbonyl (C=O) groups is 1. The number of methoxy groups -OCH3 is 1. The third kappa shape index (κ3) is 5.28. The van der Waals surface area contributed by atoms with Gasteiger partial charge in [0.15, 0.2) is 5.11 Å². The summed E-state index contributed by atoms with van der Waals surface area (Å²) in [6, 6.07) is 18.5. The van der Waals surface area contributed by atoms with Gasteiger partial charge >= 0.3 is 5.97 Å². The second-order valence-corrected chi connectivity index (χ2v) is 7.87. The molecule has 6 heteroatoms. The van der Waals surface area contributed by atoms with Crippen molar-refractivity contribution in [2.75, 3.05) is 12.4 Å². The average Bonchev–Trinajstić information content (AvgIpc) is 3.10. The summed E-state index contributed by atoms with van der Waals surface area (Å²) in [5.41, 5.74) is 2.22. The van der Waals surface area contributed by atoms with Gasteiger partial charge in [-0.1, -0.05) is 30.3 Å². The van der Waals surface area contributed by atoms with E-state index in [2.05, 4.69) is 41.8 Å². The predicted molar refractivity (Wildman–Crippen MR) is 117 cm³/mol. The highest BCUT2D eigenvalue weighted by molar-refractivity contribution is 7.80. The third-order valence-corrected chi connectivity index (χ3v) is 5.56. The minimum atomic E-state index is -0.310. The number of benzene rings is 2. The van der Waals surface area contributed by atoms with E-state index in [4.69, 9.17) is 17.0 Å². The summed E-state index contributed by atoms with van der Waals surface area (Å²) < 4.78 is 5.82. The number of thiocarbonyl (C=S) groups is 1. The van der Waals surface area contributed by atoms with Crippen molar-refractivity contribution < 1.29 is 9.53 Å². The second kappa shape index (κ2) is 8.97. The Hall–Kier alpha value is -2.44. The minimum Gasteiger partial charge on any atom is -0.465 e. The van der Waals surface area contributed by atoms with Gasteiger partial charge < -0.3 is 15.4 Å². The number of esters is 1. The van der Waals surface area contributed by atoms with E-state index in [1.54, 1.807) is 0 Å². The highest BCUT2D eigenvalue weighted by atomic mass is 32.1. The lowest BCUT2D eigenvalue weighted by Crippen LogP contribution is -2.36. The maximum atomic E-state index is 11.7. The number of fused-ring (bicyclic) bond motifs is 1. The van der Waals surface area contributed by atoms with Crippen LogP contribution < -0.4 is 10.6 Å². The first kappa shape index (κ1) is 19.3. The number of hydrogen-bond donors (Lipinski definition) is 2. The first-order valence-electron chi connectivity index (χ1n) is 8.78. The Morgan fingerprint density at radius 2 is 1.96 bits per heavy atom. The Kier molecular flexibility index (Phi) is 6.42. The van der Waals surface area contributed by atoms with E-state index in [-0.39, 0.29) is 12.0 Å². The zero-order valence-corrected chi connectivity index (χ0v) is 17.0. The molecule has 0 saturated heterocycles. The maximum Gasteiger partial charge on any atom is 0.348 e. The number of thiophene rings is 1. The Morgan fingerprint density at radius 1 is 1.19 bits per heavy atom. The molecule has 0 aliphatic carbocycles. The molecule has 140 valence electrons. The number of aryl methyl sites for hydroxylation is 1. The van der Waals surface area contributed by atoms with Crippen molar-refractivity contribution in [1.82, 2.24) is 5.32 Å². The van der Waals surface area contributed by atoms with Crippen LogP contribution in [0.3, 0.4) is 0 Å². The average molecular weight is 399 g/mol. The van der Waals surface area contributed by atoms with Crippen molar-refractivity contribution in [2.24, 2.45) is 0 Å². The summed E-state index contributed by atoms with van der Waals surface area (Å²) in [5, 5.41) is 8.14. The van der Waals surface area contributed by atoms with Gasteiger partial charge in [0.1, 0.15) is 4.88 Å². The molecule has 1 aromatic heterocycles. The molecule has 1 heterocycles. The van der Waals surface area contributed by atoms with E-state index in [1.807, 2.05) is 30.3 Å². The molecule has 0 aliphatic heterocycles. The van der Waals surface area contributed by atoms with Gasteiger partial charge in [0, 0.05) is 16.4 Å². The Morgan fingerprint density at radius 3 is 2.70 bits per heavy atom. The van der Waals surface area contributed by atoms with Gasteiger partial charge in [0.05, 0.1) is 7.11 Å². The monoisotopic (exact) mass is 398 g/mol. The molecule has 3 rings (SSSR count). The molecule has 0 bridgehead atoms. The normalized spacial score (nSPS) is 11.8. The fourth-order valence-electron chi connectivity index (χ4n) is 2.81. The standard InChI is InChI=1S/C21H22N2O2S2/c1-14(8-9-15-6-4-3-5-7-15)22-21(26)23-17-10-11-18-16(12-17)13-19(27-18)20(24)25-2/h3-7,10-14H,8-9H2,1-2H3,(H2,22,23,26)/t14-/m1/s1. The summed E-state index contributed by atoms with van der Waals surface area (Å²) in [6.07, 6.45) is 2.01. The Labute approximate surface area is 168 Å². The maximum absolute atomic E-state index is 11.7. The molecule has 2 aromatic carbocycles. The lowest BCUT2D eigenvalue weighted by atomic mass is 10.1. The van der Waals surface area contributed by atoms with Gasteiger partial charge in [0.2, 0.25) is 0 Å². The molecular formula is C21H22N2O2S2. The predicted octanol–water partition coefficient (Wildman–Crippen LogP) is 5.00. The van der Waals surface area contributed by atoms with Crippen LogP contribution in [0.2, 0.25) is 0 Å². The molecule has 3 aromatic rings. The highest BCUT2D eigenvalue weighted by Gasteiger charge is 2.11. The van der Waals surface area contributed by atoms with Crippen LogP contribution in [-0.2, 0) is 11.2 Å². The van der Waals surface area contributed by atoms with Crippen LogP contribution in [-0.4, -0.2) is 24.2 Å². The summed E-state index contributed by atoms with van der Waals surface area (Å²) in [7, 11) is 1.39. The molecule has 0 amide bonds. The summed E-state index contributed by atoms with van der Waals surface area (Å²) in [5.74, 6) is -0.310. The lowest BCUT2D eigenvalue weighted by molar-refractivity contribution is 0.0606. The van der Waals surface area contributed by atoms with Gasteiger partial charge in [-0.3, -0.25) is 0 Å². The molecule has 0 saturated carbocycles. The van der Waals surface area contributed by atoms with E-state index >= 15 is 0 Å². The molecule has 0 unspecified atom stereocenters. The van der Waals surface area contributed by atoms with Crippen LogP contribution in [0, 0.1) is 0 Å². The second-order valence-electron chi connectivity index (χ2n) is 6.38. The van der Waals surface area contributed by atoms with Crippen LogP contribution in [0.15, 0.2) is 54.6 Å². The molecule has 0 aliphatic rings. The fraction of sp³-hybridized carbons (Fsp3) is 0.238. The van der Waals surface area contributed by atoms with Crippen molar-refractivity contribution >= 4 is 50.4 Å². The lowest BCUT2D eigenvalue weighted by Gasteiger charge is -2.17. The first-order valence-corrected chi connectivity index (χ1v) is 10.0. The molecule has 0 radical (unpaired) electrons. The topological polar surface area (TPSA) is 50.4 Å². The SMILES string of the molecule is COC(=O)c1cc2cc(NC(=S)N[C@H](C)CCc3ccccc3)ccc2s1. The first-order chi connectivity index (χ1) is 13.0. The van der Waals surface area contributed by atoms with Crippen LogP contribution in [0.1, 0.15) is 28.6 Å². The fourth-order valence-corrected chi connectivity index (χ4v) is 4.09. The number of carbonyl (C=O) groups excluding carboxylic acids is 1. The Bertz CT molecular complexity index is 938. The third-order valence-electron chi connectivity index (χ3n) is 4.25. The van der Waals surface area contributed by atoms with Gasteiger partial charge in [-0.15, -0.1) is 11.3 Å². The van der Waals surface area contributed by atoms with Crippen molar-refractivity contribution in [1.29, 1.82) is 0 Å². The number of anilines is 1. The van der Waals surface area contributed by atoms with E-state index in [0.717, 1.165) is 28.6 Å². The number of nitrogens with one attached hydrogen (secondary N) is 2. The van der Waals surface area contributed by atoms with Gasteiger partial charge in [-0.05, 0) is 67.2 Å². The van der Waals surface area contributed by atoms with Gasteiger partial charge in [-0.2, -0.15) is 0 Å². The quantitative estimate of drug-likeness (QED) is 0.452. The molecule has 0 spiro atoms. The molecular weight excluding hydrogens is 376 g/mol. The Balaban J connectivity index is 1.56. The van der Waals surface area contributed by atoms with Crippen LogP contribution >= 0.6 is 23.6 Å². The van der Waals surface area contributed by atoms with Crippen molar-refractivity contribution in [3.63, 3.8) is 0 Å². The van der Waals surface area contributed by atoms with Crippen molar-refractivity contribution in [3.8, 4) is 0 Å². The van der Waals surface area contributed by atoms with Gasteiger partial charge in [-0.25, -0.2) is 4.79 Å². The summed E-state index contributed by atoms with van der Waals surface area (Å²) in [4.78, 5) is 12.3. The summed E-state index contributed by atoms with van der Waals surface area (Å²) in [6.45, 7) is 2.13. The summed E-state index contributed by atoms with van der Waals surface area (Å²) >= 11 is 6.86. The van der Waals surface area contributed by atoms with E-state index < -0.39 is 0 Å². The molecule has 1 atom stereocenters. The molecule has 4 nitrogen and oxygen atoms in total. The smallest absolute Gasteiger partial charge is 0.348 e. The highest BCUT2D eigenvalue weighted by Crippen LogP contribution is 2.28. The zero-order chi connectivity index (χ0) is 19.2. The largest absolute Gasteiger partial charge is 0.465 e. The van der Waals surface area contributed by atoms with Crippen LogP contribution in [0.25, 0.3) is 10.1 Å². The van der Waals surface area contributed by atoms with E-state index in [1.165, 1.54) is 24.0 Å².